The summed E-state index contributed by atoms with van der Waals surface area (Å²) in [5, 5.41) is 13.1. The largest absolute Gasteiger partial charge is 0.497 e. The standard InChI is InChI=1S/C36H47FN4O8S/c1-24-21-41(25(2)23-42)35(43)32-20-29(39-50(45,46)31-16-9-27(37)10-17-31)13-18-33(32)49-26(3)8-6-7-19-48-34(24)22-40(4)36(44)38-28-11-14-30(47-5)15-12-28/h9-18,20,24-26,34,39,42H,6-8,19,21-23H2,1-5H3,(H,38,44)/t24-,25+,26-,34-/m1/s1. The van der Waals surface area contributed by atoms with Crippen LogP contribution in [0, 0.1) is 11.7 Å². The number of sulfonamides is 1. The molecule has 0 saturated carbocycles. The van der Waals surface area contributed by atoms with Crippen LogP contribution in [0.25, 0.3) is 0 Å². The topological polar surface area (TPSA) is 147 Å². The van der Waals surface area contributed by atoms with E-state index in [1.54, 1.807) is 51.4 Å². The molecule has 4 atom stereocenters. The monoisotopic (exact) mass is 714 g/mol. The highest BCUT2D eigenvalue weighted by atomic mass is 32.2. The van der Waals surface area contributed by atoms with Gasteiger partial charge in [0.2, 0.25) is 0 Å². The van der Waals surface area contributed by atoms with Gasteiger partial charge < -0.3 is 34.4 Å². The lowest BCUT2D eigenvalue weighted by Gasteiger charge is -2.35. The van der Waals surface area contributed by atoms with Gasteiger partial charge in [-0.25, -0.2) is 17.6 Å². The smallest absolute Gasteiger partial charge is 0.321 e. The van der Waals surface area contributed by atoms with Crippen LogP contribution in [-0.4, -0.2) is 94.0 Å². The molecule has 0 aliphatic carbocycles. The number of hydrogen-bond donors (Lipinski definition) is 3. The highest BCUT2D eigenvalue weighted by Crippen LogP contribution is 2.30. The first-order valence-corrected chi connectivity index (χ1v) is 18.1. The molecule has 0 radical (unpaired) electrons. The summed E-state index contributed by atoms with van der Waals surface area (Å²) >= 11 is 0. The van der Waals surface area contributed by atoms with Crippen molar-refractivity contribution in [1.29, 1.82) is 0 Å². The fraction of sp³-hybridized carbons (Fsp3) is 0.444. The fourth-order valence-electron chi connectivity index (χ4n) is 5.52. The van der Waals surface area contributed by atoms with E-state index in [2.05, 4.69) is 10.0 Å². The lowest BCUT2D eigenvalue weighted by Crippen LogP contribution is -2.48. The number of carbonyl (C=O) groups excluding carboxylic acids is 2. The number of aliphatic hydroxyl groups excluding tert-OH is 1. The molecule has 12 nitrogen and oxygen atoms in total. The van der Waals surface area contributed by atoms with Crippen LogP contribution >= 0.6 is 0 Å². The van der Waals surface area contributed by atoms with E-state index < -0.39 is 33.9 Å². The number of likely N-dealkylation sites (N-methyl/N-ethyl adjacent to an activating group) is 1. The number of nitrogens with zero attached hydrogens (tertiary/aromatic N) is 2. The van der Waals surface area contributed by atoms with Crippen LogP contribution in [0.2, 0.25) is 0 Å². The number of halogens is 1. The van der Waals surface area contributed by atoms with Crippen molar-refractivity contribution in [3.63, 3.8) is 0 Å². The zero-order valence-electron chi connectivity index (χ0n) is 29.1. The van der Waals surface area contributed by atoms with E-state index in [1.807, 2.05) is 13.8 Å². The quantitative estimate of drug-likeness (QED) is 0.260. The third-order valence-corrected chi connectivity index (χ3v) is 9.97. The SMILES string of the molecule is COc1ccc(NC(=O)N(C)C[C@H]2OCCCC[C@@H](C)Oc3ccc(NS(=O)(=O)c4ccc(F)cc4)cc3C(=O)N([C@@H](C)CO)C[C@H]2C)cc1. The Kier molecular flexibility index (Phi) is 13.4. The van der Waals surface area contributed by atoms with Crippen molar-refractivity contribution in [1.82, 2.24) is 9.80 Å². The van der Waals surface area contributed by atoms with Crippen LogP contribution in [0.15, 0.2) is 71.6 Å². The first-order chi connectivity index (χ1) is 23.8. The predicted octanol–water partition coefficient (Wildman–Crippen LogP) is 5.59. The average molecular weight is 715 g/mol. The summed E-state index contributed by atoms with van der Waals surface area (Å²) < 4.78 is 59.9. The highest BCUT2D eigenvalue weighted by Gasteiger charge is 2.31. The van der Waals surface area contributed by atoms with Crippen molar-refractivity contribution in [2.24, 2.45) is 5.92 Å². The third kappa shape index (κ3) is 10.3. The number of amides is 3. The number of benzene rings is 3. The molecule has 0 fully saturated rings. The Balaban J connectivity index is 1.61. The molecule has 0 saturated heterocycles. The molecule has 14 heteroatoms. The molecular formula is C36H47FN4O8S. The molecule has 3 N–H and O–H groups in total. The zero-order valence-corrected chi connectivity index (χ0v) is 29.9. The summed E-state index contributed by atoms with van der Waals surface area (Å²) in [6.07, 6.45) is 1.44. The summed E-state index contributed by atoms with van der Waals surface area (Å²) in [5.41, 5.74) is 0.814. The Labute approximate surface area is 293 Å². The molecule has 0 spiro atoms. The number of hydrogen-bond acceptors (Lipinski definition) is 8. The zero-order chi connectivity index (χ0) is 36.4. The predicted molar refractivity (Wildman–Crippen MR) is 189 cm³/mol. The first-order valence-electron chi connectivity index (χ1n) is 16.6. The molecule has 3 amide bonds. The number of fused-ring (bicyclic) bond motifs is 1. The van der Waals surface area contributed by atoms with Gasteiger partial charge in [0.15, 0.2) is 0 Å². The lowest BCUT2D eigenvalue weighted by molar-refractivity contribution is -0.0115. The summed E-state index contributed by atoms with van der Waals surface area (Å²) in [4.78, 5) is 30.4. The van der Waals surface area contributed by atoms with Crippen molar-refractivity contribution in [3.05, 3.63) is 78.1 Å². The van der Waals surface area contributed by atoms with Crippen LogP contribution < -0.4 is 19.5 Å². The number of nitrogens with one attached hydrogen (secondary N) is 2. The van der Waals surface area contributed by atoms with Crippen molar-refractivity contribution in [2.75, 3.05) is 50.5 Å². The summed E-state index contributed by atoms with van der Waals surface area (Å²) in [5.74, 6) is -0.411. The van der Waals surface area contributed by atoms with Gasteiger partial charge in [-0.2, -0.15) is 0 Å². The van der Waals surface area contributed by atoms with Gasteiger partial charge in [0.25, 0.3) is 15.9 Å². The molecule has 3 aromatic carbocycles. The van der Waals surface area contributed by atoms with Crippen molar-refractivity contribution in [3.8, 4) is 11.5 Å². The van der Waals surface area contributed by atoms with Gasteiger partial charge in [-0.3, -0.25) is 9.52 Å². The van der Waals surface area contributed by atoms with E-state index in [4.69, 9.17) is 14.2 Å². The fourth-order valence-corrected chi connectivity index (χ4v) is 6.57. The van der Waals surface area contributed by atoms with E-state index in [0.717, 1.165) is 37.1 Å². The Bertz CT molecular complexity index is 1690. The normalized spacial score (nSPS) is 19.7. The van der Waals surface area contributed by atoms with E-state index in [1.165, 1.54) is 21.9 Å². The van der Waals surface area contributed by atoms with E-state index in [-0.39, 0.29) is 59.6 Å². The summed E-state index contributed by atoms with van der Waals surface area (Å²) in [6.45, 7) is 6.00. The van der Waals surface area contributed by atoms with Gasteiger partial charge in [0, 0.05) is 44.0 Å². The van der Waals surface area contributed by atoms with Crippen molar-refractivity contribution >= 4 is 33.3 Å². The lowest BCUT2D eigenvalue weighted by atomic mass is 10.0. The minimum absolute atomic E-state index is 0.106. The Hall–Kier alpha value is -4.40. The molecule has 0 unspecified atom stereocenters. The van der Waals surface area contributed by atoms with Gasteiger partial charge in [0.1, 0.15) is 17.3 Å². The molecule has 3 aromatic rings. The van der Waals surface area contributed by atoms with Crippen LogP contribution in [-0.2, 0) is 14.8 Å². The maximum atomic E-state index is 14.4. The van der Waals surface area contributed by atoms with Crippen LogP contribution in [0.5, 0.6) is 11.5 Å². The van der Waals surface area contributed by atoms with Crippen molar-refractivity contribution in [2.45, 2.75) is 63.2 Å². The molecule has 1 aliphatic rings. The second kappa shape index (κ2) is 17.5. The number of aliphatic hydroxyl groups is 1. The number of anilines is 2. The second-order valence-corrected chi connectivity index (χ2v) is 14.3. The van der Waals surface area contributed by atoms with Gasteiger partial charge >= 0.3 is 6.03 Å². The van der Waals surface area contributed by atoms with E-state index >= 15 is 0 Å². The average Bonchev–Trinajstić information content (AvgIpc) is 3.09. The number of ether oxygens (including phenoxy) is 3. The summed E-state index contributed by atoms with van der Waals surface area (Å²) in [6, 6.07) is 14.9. The summed E-state index contributed by atoms with van der Waals surface area (Å²) in [7, 11) is -0.872. The van der Waals surface area contributed by atoms with Gasteiger partial charge in [0.05, 0.1) is 42.4 Å². The molecular weight excluding hydrogens is 667 g/mol. The van der Waals surface area contributed by atoms with Crippen LogP contribution in [0.4, 0.5) is 20.6 Å². The van der Waals surface area contributed by atoms with Crippen molar-refractivity contribution < 1.29 is 41.7 Å². The van der Waals surface area contributed by atoms with Crippen LogP contribution in [0.3, 0.4) is 0 Å². The number of carbonyl (C=O) groups is 2. The molecule has 0 bridgehead atoms. The van der Waals surface area contributed by atoms with E-state index in [9.17, 15) is 27.5 Å². The number of urea groups is 1. The van der Waals surface area contributed by atoms with Crippen LogP contribution in [0.1, 0.15) is 50.4 Å². The van der Waals surface area contributed by atoms with Gasteiger partial charge in [-0.05, 0) is 99.8 Å². The van der Waals surface area contributed by atoms with Gasteiger partial charge in [-0.1, -0.05) is 6.92 Å². The number of rotatable bonds is 9. The first kappa shape index (κ1) is 38.4. The maximum absolute atomic E-state index is 14.4. The Morgan fingerprint density at radius 3 is 2.42 bits per heavy atom. The Morgan fingerprint density at radius 2 is 1.76 bits per heavy atom. The minimum Gasteiger partial charge on any atom is -0.497 e. The molecule has 1 heterocycles. The molecule has 1 aliphatic heterocycles. The third-order valence-electron chi connectivity index (χ3n) is 8.57. The second-order valence-electron chi connectivity index (χ2n) is 12.6. The molecule has 272 valence electrons. The minimum atomic E-state index is -4.11. The number of methoxy groups -OCH3 is 1. The van der Waals surface area contributed by atoms with E-state index in [0.29, 0.717) is 24.5 Å². The Morgan fingerprint density at radius 1 is 1.08 bits per heavy atom. The van der Waals surface area contributed by atoms with Gasteiger partial charge in [-0.15, -0.1) is 0 Å². The molecule has 4 rings (SSSR count). The maximum Gasteiger partial charge on any atom is 0.321 e. The highest BCUT2D eigenvalue weighted by molar-refractivity contribution is 7.92. The molecule has 50 heavy (non-hydrogen) atoms. The molecule has 0 aromatic heterocycles.